The van der Waals surface area contributed by atoms with Crippen molar-refractivity contribution in [2.24, 2.45) is 0 Å². The summed E-state index contributed by atoms with van der Waals surface area (Å²) in [5.74, 6) is 0.642. The van der Waals surface area contributed by atoms with Gasteiger partial charge in [-0.1, -0.05) is 13.8 Å². The zero-order valence-corrected chi connectivity index (χ0v) is 11.8. The van der Waals surface area contributed by atoms with Gasteiger partial charge in [-0.25, -0.2) is 4.98 Å². The Morgan fingerprint density at radius 2 is 2.00 bits per heavy atom. The molecule has 0 aromatic carbocycles. The molecule has 1 aromatic heterocycles. The van der Waals surface area contributed by atoms with Crippen LogP contribution < -0.4 is 4.90 Å². The fraction of sp³-hybridized carbons (Fsp3) is 0.769. The molecule has 1 aliphatic heterocycles. The number of morpholine rings is 1. The second-order valence-electron chi connectivity index (χ2n) is 4.85. The summed E-state index contributed by atoms with van der Waals surface area (Å²) in [7, 11) is 0. The number of ether oxygens (including phenoxy) is 1. The third kappa shape index (κ3) is 3.01. The lowest BCUT2D eigenvalue weighted by molar-refractivity contribution is -0.0109. The minimum atomic E-state index is -0.171. The first-order valence-electron chi connectivity index (χ1n) is 6.91. The van der Waals surface area contributed by atoms with Crippen molar-refractivity contribution in [3.8, 4) is 0 Å². The number of aryl methyl sites for hydroxylation is 2. The summed E-state index contributed by atoms with van der Waals surface area (Å²) >= 11 is 0. The van der Waals surface area contributed by atoms with Gasteiger partial charge < -0.3 is 14.7 Å². The molecule has 2 heterocycles. The van der Waals surface area contributed by atoms with Crippen LogP contribution in [0.15, 0.2) is 0 Å². The van der Waals surface area contributed by atoms with Crippen LogP contribution in [0.1, 0.15) is 32.2 Å². The Morgan fingerprint density at radius 1 is 1.26 bits per heavy atom. The molecule has 0 bridgehead atoms. The highest BCUT2D eigenvalue weighted by Crippen LogP contribution is 2.18. The van der Waals surface area contributed by atoms with Crippen LogP contribution in [0.2, 0.25) is 0 Å². The summed E-state index contributed by atoms with van der Waals surface area (Å²) in [6.07, 6.45) is 1.53. The first kappa shape index (κ1) is 14.1. The Kier molecular flexibility index (Phi) is 4.66. The predicted molar refractivity (Wildman–Crippen MR) is 72.2 cm³/mol. The largest absolute Gasteiger partial charge is 0.394 e. The number of hydrogen-bond acceptors (Lipinski definition) is 6. The van der Waals surface area contributed by atoms with E-state index in [1.54, 1.807) is 0 Å². The van der Waals surface area contributed by atoms with Gasteiger partial charge in [-0.2, -0.15) is 5.10 Å². The number of rotatable bonds is 4. The van der Waals surface area contributed by atoms with Crippen LogP contribution in [0, 0.1) is 0 Å². The molecule has 2 unspecified atom stereocenters. The Labute approximate surface area is 113 Å². The third-order valence-corrected chi connectivity index (χ3v) is 3.46. The molecule has 0 aliphatic carbocycles. The standard InChI is InChI=1S/C13H22N4O2/c1-4-11-12(5-2)15-16-13(14-11)17-6-10(7-18)19-8-9(17)3/h9-10,18H,4-8H2,1-3H3. The van der Waals surface area contributed by atoms with Crippen LogP contribution >= 0.6 is 0 Å². The number of anilines is 1. The van der Waals surface area contributed by atoms with Crippen molar-refractivity contribution in [2.75, 3.05) is 24.7 Å². The van der Waals surface area contributed by atoms with E-state index >= 15 is 0 Å². The summed E-state index contributed by atoms with van der Waals surface area (Å²) in [5.41, 5.74) is 1.97. The minimum absolute atomic E-state index is 0.0182. The number of aliphatic hydroxyl groups is 1. The fourth-order valence-corrected chi connectivity index (χ4v) is 2.26. The topological polar surface area (TPSA) is 71.4 Å². The van der Waals surface area contributed by atoms with E-state index in [4.69, 9.17) is 4.74 Å². The van der Waals surface area contributed by atoms with Crippen LogP contribution in [-0.4, -0.2) is 52.2 Å². The van der Waals surface area contributed by atoms with Gasteiger partial charge in [0, 0.05) is 6.54 Å². The number of nitrogens with zero attached hydrogens (tertiary/aromatic N) is 4. The van der Waals surface area contributed by atoms with E-state index in [-0.39, 0.29) is 18.8 Å². The highest BCUT2D eigenvalue weighted by molar-refractivity contribution is 5.33. The van der Waals surface area contributed by atoms with Crippen molar-refractivity contribution in [3.63, 3.8) is 0 Å². The van der Waals surface area contributed by atoms with E-state index in [1.165, 1.54) is 0 Å². The highest BCUT2D eigenvalue weighted by Gasteiger charge is 2.28. The van der Waals surface area contributed by atoms with Crippen LogP contribution in [-0.2, 0) is 17.6 Å². The van der Waals surface area contributed by atoms with Crippen molar-refractivity contribution >= 4 is 5.95 Å². The molecule has 0 amide bonds. The monoisotopic (exact) mass is 266 g/mol. The van der Waals surface area contributed by atoms with E-state index in [1.807, 2.05) is 0 Å². The molecule has 0 radical (unpaired) electrons. The van der Waals surface area contributed by atoms with Gasteiger partial charge in [0.2, 0.25) is 5.95 Å². The van der Waals surface area contributed by atoms with E-state index < -0.39 is 0 Å². The fourth-order valence-electron chi connectivity index (χ4n) is 2.26. The van der Waals surface area contributed by atoms with E-state index in [9.17, 15) is 5.11 Å². The molecule has 0 spiro atoms. The van der Waals surface area contributed by atoms with Gasteiger partial charge in [0.05, 0.1) is 36.7 Å². The summed E-state index contributed by atoms with van der Waals surface area (Å²) in [6.45, 7) is 7.40. The van der Waals surface area contributed by atoms with Gasteiger partial charge in [0.25, 0.3) is 0 Å². The van der Waals surface area contributed by atoms with E-state index in [0.29, 0.717) is 19.1 Å². The van der Waals surface area contributed by atoms with Crippen molar-refractivity contribution in [1.82, 2.24) is 15.2 Å². The van der Waals surface area contributed by atoms with Crippen LogP contribution in [0.4, 0.5) is 5.95 Å². The van der Waals surface area contributed by atoms with Crippen LogP contribution in [0.3, 0.4) is 0 Å². The SMILES string of the molecule is CCc1nnc(N2CC(CO)OCC2C)nc1CC. The quantitative estimate of drug-likeness (QED) is 0.859. The summed E-state index contributed by atoms with van der Waals surface area (Å²) in [5, 5.41) is 17.7. The molecule has 19 heavy (non-hydrogen) atoms. The van der Waals surface area contributed by atoms with Crippen molar-refractivity contribution in [2.45, 2.75) is 45.8 Å². The van der Waals surface area contributed by atoms with Crippen molar-refractivity contribution in [1.29, 1.82) is 0 Å². The molecule has 2 rings (SSSR count). The Balaban J connectivity index is 2.24. The van der Waals surface area contributed by atoms with Crippen molar-refractivity contribution in [3.05, 3.63) is 11.4 Å². The van der Waals surface area contributed by atoms with Gasteiger partial charge in [0.1, 0.15) is 0 Å². The van der Waals surface area contributed by atoms with Gasteiger partial charge >= 0.3 is 0 Å². The maximum Gasteiger partial charge on any atom is 0.246 e. The summed E-state index contributed by atoms with van der Waals surface area (Å²) < 4.78 is 5.52. The molecule has 1 saturated heterocycles. The number of aromatic nitrogens is 3. The number of aliphatic hydroxyl groups excluding tert-OH is 1. The normalized spacial score (nSPS) is 23.7. The lowest BCUT2D eigenvalue weighted by Crippen LogP contribution is -2.50. The van der Waals surface area contributed by atoms with Crippen molar-refractivity contribution < 1.29 is 9.84 Å². The number of hydrogen-bond donors (Lipinski definition) is 1. The Hall–Kier alpha value is -1.27. The first-order chi connectivity index (χ1) is 9.19. The Morgan fingerprint density at radius 3 is 2.63 bits per heavy atom. The maximum atomic E-state index is 9.22. The molecule has 1 aliphatic rings. The zero-order chi connectivity index (χ0) is 13.8. The molecule has 6 heteroatoms. The molecule has 1 N–H and O–H groups in total. The molecule has 0 saturated carbocycles. The summed E-state index contributed by atoms with van der Waals surface area (Å²) in [4.78, 5) is 6.69. The lowest BCUT2D eigenvalue weighted by Gasteiger charge is -2.37. The molecule has 1 fully saturated rings. The summed E-state index contributed by atoms with van der Waals surface area (Å²) in [6, 6.07) is 0.196. The highest BCUT2D eigenvalue weighted by atomic mass is 16.5. The van der Waals surface area contributed by atoms with Crippen LogP contribution in [0.25, 0.3) is 0 Å². The van der Waals surface area contributed by atoms with Gasteiger partial charge in [-0.15, -0.1) is 5.10 Å². The zero-order valence-electron chi connectivity index (χ0n) is 11.8. The molecular formula is C13H22N4O2. The molecule has 2 atom stereocenters. The molecular weight excluding hydrogens is 244 g/mol. The Bertz CT molecular complexity index is 427. The smallest absolute Gasteiger partial charge is 0.246 e. The molecule has 106 valence electrons. The average Bonchev–Trinajstić information content (AvgIpc) is 2.47. The van der Waals surface area contributed by atoms with E-state index in [0.717, 1.165) is 24.2 Å². The minimum Gasteiger partial charge on any atom is -0.394 e. The predicted octanol–water partition coefficient (Wildman–Crippen LogP) is 0.582. The van der Waals surface area contributed by atoms with Gasteiger partial charge in [0.15, 0.2) is 0 Å². The third-order valence-electron chi connectivity index (χ3n) is 3.46. The van der Waals surface area contributed by atoms with E-state index in [2.05, 4.69) is 40.9 Å². The second kappa shape index (κ2) is 6.25. The molecule has 6 nitrogen and oxygen atoms in total. The maximum absolute atomic E-state index is 9.22. The molecule has 1 aromatic rings. The van der Waals surface area contributed by atoms with Gasteiger partial charge in [-0.3, -0.25) is 0 Å². The van der Waals surface area contributed by atoms with Crippen LogP contribution in [0.5, 0.6) is 0 Å². The lowest BCUT2D eigenvalue weighted by atomic mass is 10.2. The second-order valence-corrected chi connectivity index (χ2v) is 4.85. The van der Waals surface area contributed by atoms with Gasteiger partial charge in [-0.05, 0) is 19.8 Å². The average molecular weight is 266 g/mol. The first-order valence-corrected chi connectivity index (χ1v) is 6.91.